The van der Waals surface area contributed by atoms with Crippen LogP contribution in [0.5, 0.6) is 5.75 Å². The molecule has 0 heterocycles. The van der Waals surface area contributed by atoms with Crippen LogP contribution in [0.15, 0.2) is 42.5 Å². The van der Waals surface area contributed by atoms with E-state index in [1.54, 1.807) is 13.2 Å². The van der Waals surface area contributed by atoms with Gasteiger partial charge in [0.2, 0.25) is 0 Å². The molecule has 2 aromatic rings. The predicted octanol–water partition coefficient (Wildman–Crippen LogP) is 2.79. The van der Waals surface area contributed by atoms with Crippen molar-refractivity contribution in [2.45, 2.75) is 19.6 Å². The number of esters is 1. The SMILES string of the molecule is COc1ccccc1CNC(=O)[C@H](C)OC(=O)c1ccc(Cl)cc1N. The van der Waals surface area contributed by atoms with E-state index in [0.717, 1.165) is 5.56 Å². The second kappa shape index (κ2) is 8.39. The first kappa shape index (κ1) is 18.6. The third-order valence-corrected chi connectivity index (χ3v) is 3.77. The van der Waals surface area contributed by atoms with Crippen LogP contribution in [0.3, 0.4) is 0 Å². The van der Waals surface area contributed by atoms with Gasteiger partial charge >= 0.3 is 5.97 Å². The van der Waals surface area contributed by atoms with Crippen LogP contribution in [-0.2, 0) is 16.1 Å². The van der Waals surface area contributed by atoms with Gasteiger partial charge < -0.3 is 20.5 Å². The van der Waals surface area contributed by atoms with Crippen LogP contribution < -0.4 is 15.8 Å². The molecule has 0 radical (unpaired) electrons. The lowest BCUT2D eigenvalue weighted by molar-refractivity contribution is -0.129. The number of ether oxygens (including phenoxy) is 2. The molecule has 0 aliphatic heterocycles. The molecule has 0 saturated heterocycles. The lowest BCUT2D eigenvalue weighted by Crippen LogP contribution is -2.35. The molecule has 132 valence electrons. The Balaban J connectivity index is 1.94. The summed E-state index contributed by atoms with van der Waals surface area (Å²) in [7, 11) is 1.56. The van der Waals surface area contributed by atoms with Crippen LogP contribution >= 0.6 is 11.6 Å². The Bertz CT molecular complexity index is 779. The zero-order valence-corrected chi connectivity index (χ0v) is 14.7. The van der Waals surface area contributed by atoms with Crippen molar-refractivity contribution in [1.29, 1.82) is 0 Å². The maximum Gasteiger partial charge on any atom is 0.341 e. The summed E-state index contributed by atoms with van der Waals surface area (Å²) in [5.41, 5.74) is 6.91. The van der Waals surface area contributed by atoms with Crippen LogP contribution in [0.4, 0.5) is 5.69 Å². The summed E-state index contributed by atoms with van der Waals surface area (Å²) >= 11 is 5.80. The number of benzene rings is 2. The van der Waals surface area contributed by atoms with E-state index in [1.807, 2.05) is 18.2 Å². The summed E-state index contributed by atoms with van der Waals surface area (Å²) in [6.45, 7) is 1.75. The third kappa shape index (κ3) is 4.87. The maximum absolute atomic E-state index is 12.1. The standard InChI is InChI=1S/C18H19ClN2O4/c1-11(25-18(23)14-8-7-13(19)9-15(14)20)17(22)21-10-12-5-3-4-6-16(12)24-2/h3-9,11H,10,20H2,1-2H3,(H,21,22)/t11-/m0/s1. The van der Waals surface area contributed by atoms with Gasteiger partial charge in [0.25, 0.3) is 5.91 Å². The lowest BCUT2D eigenvalue weighted by Gasteiger charge is -2.15. The zero-order valence-electron chi connectivity index (χ0n) is 13.9. The number of anilines is 1. The monoisotopic (exact) mass is 362 g/mol. The number of hydrogen-bond donors (Lipinski definition) is 2. The van der Waals surface area contributed by atoms with Crippen molar-refractivity contribution in [3.8, 4) is 5.75 Å². The van der Waals surface area contributed by atoms with Gasteiger partial charge in [-0.05, 0) is 31.2 Å². The van der Waals surface area contributed by atoms with Gasteiger partial charge in [-0.3, -0.25) is 4.79 Å². The van der Waals surface area contributed by atoms with E-state index in [0.29, 0.717) is 10.8 Å². The van der Waals surface area contributed by atoms with Crippen molar-refractivity contribution in [2.24, 2.45) is 0 Å². The molecule has 0 aliphatic carbocycles. The average Bonchev–Trinajstić information content (AvgIpc) is 2.59. The number of rotatable bonds is 6. The van der Waals surface area contributed by atoms with Crippen LogP contribution in [0.25, 0.3) is 0 Å². The normalized spacial score (nSPS) is 11.5. The number of carbonyl (C=O) groups is 2. The number of methoxy groups -OCH3 is 1. The van der Waals surface area contributed by atoms with Crippen LogP contribution in [0.1, 0.15) is 22.8 Å². The summed E-state index contributed by atoms with van der Waals surface area (Å²) in [6, 6.07) is 11.8. The Morgan fingerprint density at radius 2 is 1.96 bits per heavy atom. The number of nitrogens with two attached hydrogens (primary N) is 1. The fourth-order valence-electron chi connectivity index (χ4n) is 2.17. The first-order valence-corrected chi connectivity index (χ1v) is 7.95. The van der Waals surface area contributed by atoms with Crippen molar-refractivity contribution in [1.82, 2.24) is 5.32 Å². The Morgan fingerprint density at radius 3 is 2.64 bits per heavy atom. The molecule has 0 bridgehead atoms. The highest BCUT2D eigenvalue weighted by Crippen LogP contribution is 2.19. The molecule has 7 heteroatoms. The number of amides is 1. The van der Waals surface area contributed by atoms with Crippen molar-refractivity contribution in [3.05, 3.63) is 58.6 Å². The Morgan fingerprint density at radius 1 is 1.24 bits per heavy atom. The average molecular weight is 363 g/mol. The quantitative estimate of drug-likeness (QED) is 0.609. The van der Waals surface area contributed by atoms with E-state index < -0.39 is 18.0 Å². The molecule has 1 atom stereocenters. The molecule has 0 spiro atoms. The van der Waals surface area contributed by atoms with Gasteiger partial charge in [0.05, 0.1) is 12.7 Å². The predicted molar refractivity (Wildman–Crippen MR) is 95.6 cm³/mol. The van der Waals surface area contributed by atoms with Gasteiger partial charge in [0.1, 0.15) is 5.75 Å². The molecule has 0 unspecified atom stereocenters. The number of para-hydroxylation sites is 1. The highest BCUT2D eigenvalue weighted by molar-refractivity contribution is 6.31. The summed E-state index contributed by atoms with van der Waals surface area (Å²) < 4.78 is 10.4. The molecule has 3 N–H and O–H groups in total. The number of nitrogens with one attached hydrogen (secondary N) is 1. The topological polar surface area (TPSA) is 90.6 Å². The van der Waals surface area contributed by atoms with Crippen LogP contribution in [0.2, 0.25) is 5.02 Å². The molecule has 2 rings (SSSR count). The summed E-state index contributed by atoms with van der Waals surface area (Å²) in [5, 5.41) is 3.12. The second-order valence-electron chi connectivity index (χ2n) is 5.31. The highest BCUT2D eigenvalue weighted by Gasteiger charge is 2.20. The molecule has 0 aromatic heterocycles. The molecule has 1 amide bonds. The van der Waals surface area contributed by atoms with Gasteiger partial charge in [-0.2, -0.15) is 0 Å². The number of hydrogen-bond acceptors (Lipinski definition) is 5. The van der Waals surface area contributed by atoms with Gasteiger partial charge in [-0.1, -0.05) is 29.8 Å². The van der Waals surface area contributed by atoms with Gasteiger partial charge in [0, 0.05) is 22.8 Å². The van der Waals surface area contributed by atoms with E-state index in [4.69, 9.17) is 26.8 Å². The van der Waals surface area contributed by atoms with E-state index in [-0.39, 0.29) is 17.8 Å². The number of nitrogen functional groups attached to an aromatic ring is 1. The van der Waals surface area contributed by atoms with E-state index in [1.165, 1.54) is 25.1 Å². The molecule has 2 aromatic carbocycles. The van der Waals surface area contributed by atoms with E-state index in [9.17, 15) is 9.59 Å². The maximum atomic E-state index is 12.1. The molecule has 0 fully saturated rings. The van der Waals surface area contributed by atoms with Gasteiger partial charge in [0.15, 0.2) is 6.10 Å². The molecule has 6 nitrogen and oxygen atoms in total. The molecule has 0 saturated carbocycles. The van der Waals surface area contributed by atoms with E-state index >= 15 is 0 Å². The first-order valence-electron chi connectivity index (χ1n) is 7.58. The minimum Gasteiger partial charge on any atom is -0.496 e. The van der Waals surface area contributed by atoms with Crippen molar-refractivity contribution in [2.75, 3.05) is 12.8 Å². The fraction of sp³-hybridized carbons (Fsp3) is 0.222. The van der Waals surface area contributed by atoms with Gasteiger partial charge in [-0.15, -0.1) is 0 Å². The lowest BCUT2D eigenvalue weighted by atomic mass is 10.2. The van der Waals surface area contributed by atoms with Crippen molar-refractivity contribution in [3.63, 3.8) is 0 Å². The summed E-state index contributed by atoms with van der Waals surface area (Å²) in [6.07, 6.45) is -0.975. The fourth-order valence-corrected chi connectivity index (χ4v) is 2.35. The molecular weight excluding hydrogens is 344 g/mol. The number of carbonyl (C=O) groups excluding carboxylic acids is 2. The highest BCUT2D eigenvalue weighted by atomic mass is 35.5. The Hall–Kier alpha value is -2.73. The van der Waals surface area contributed by atoms with Crippen molar-refractivity contribution >= 4 is 29.2 Å². The van der Waals surface area contributed by atoms with Crippen molar-refractivity contribution < 1.29 is 19.1 Å². The smallest absolute Gasteiger partial charge is 0.341 e. The minimum absolute atomic E-state index is 0.161. The minimum atomic E-state index is -0.975. The molecule has 0 aliphatic rings. The molecule has 25 heavy (non-hydrogen) atoms. The Kier molecular flexibility index (Phi) is 6.25. The number of halogens is 1. The van der Waals surface area contributed by atoms with E-state index in [2.05, 4.69) is 5.32 Å². The third-order valence-electron chi connectivity index (χ3n) is 3.53. The zero-order chi connectivity index (χ0) is 18.4. The van der Waals surface area contributed by atoms with Crippen LogP contribution in [0, 0.1) is 0 Å². The van der Waals surface area contributed by atoms with Gasteiger partial charge in [-0.25, -0.2) is 4.79 Å². The second-order valence-corrected chi connectivity index (χ2v) is 5.75. The summed E-state index contributed by atoms with van der Waals surface area (Å²) in [4.78, 5) is 24.3. The largest absolute Gasteiger partial charge is 0.496 e. The van der Waals surface area contributed by atoms with Crippen LogP contribution in [-0.4, -0.2) is 25.1 Å². The first-order chi connectivity index (χ1) is 11.9. The Labute approximate surface area is 150 Å². The summed E-state index contributed by atoms with van der Waals surface area (Å²) in [5.74, 6) is -0.442. The molecular formula is C18H19ClN2O4.